The minimum Gasteiger partial charge on any atom is -0.339 e. The summed E-state index contributed by atoms with van der Waals surface area (Å²) in [6, 6.07) is 7.98. The van der Waals surface area contributed by atoms with Crippen molar-refractivity contribution in [1.82, 2.24) is 9.97 Å². The van der Waals surface area contributed by atoms with Gasteiger partial charge in [0.1, 0.15) is 17.3 Å². The minimum atomic E-state index is 0.392. The van der Waals surface area contributed by atoms with Gasteiger partial charge in [-0.05, 0) is 62.8 Å². The number of hydrogen-bond donors (Lipinski definition) is 1. The van der Waals surface area contributed by atoms with Crippen LogP contribution in [0.4, 0.5) is 11.5 Å². The van der Waals surface area contributed by atoms with Crippen molar-refractivity contribution in [2.45, 2.75) is 0 Å². The van der Waals surface area contributed by atoms with Gasteiger partial charge < -0.3 is 5.32 Å². The molecule has 1 N–H and O–H groups in total. The van der Waals surface area contributed by atoms with Crippen molar-refractivity contribution in [2.75, 3.05) is 5.32 Å². The maximum absolute atomic E-state index is 5.87. The summed E-state index contributed by atoms with van der Waals surface area (Å²) in [6.45, 7) is 0. The predicted octanol–water partition coefficient (Wildman–Crippen LogP) is 4.24. The molecule has 2 rings (SSSR count). The van der Waals surface area contributed by atoms with Crippen LogP contribution in [0.2, 0.25) is 5.15 Å². The van der Waals surface area contributed by atoms with E-state index in [0.29, 0.717) is 15.4 Å². The Kier molecular flexibility index (Phi) is 3.99. The number of hydrogen-bond acceptors (Lipinski definition) is 3. The van der Waals surface area contributed by atoms with Crippen LogP contribution in [0.1, 0.15) is 0 Å². The third kappa shape index (κ3) is 2.83. The van der Waals surface area contributed by atoms with E-state index >= 15 is 0 Å². The normalized spacial score (nSPS) is 10.2. The standard InChI is InChI=1S/C10H6BrClIN3/c11-8-9(12)14-5-15-10(8)16-7-3-1-6(13)2-4-7/h1-5H,(H,14,15,16). The van der Waals surface area contributed by atoms with E-state index in [-0.39, 0.29) is 0 Å². The van der Waals surface area contributed by atoms with E-state index in [1.165, 1.54) is 9.90 Å². The van der Waals surface area contributed by atoms with Gasteiger partial charge in [-0.3, -0.25) is 0 Å². The van der Waals surface area contributed by atoms with E-state index in [1.807, 2.05) is 24.3 Å². The van der Waals surface area contributed by atoms with Crippen molar-refractivity contribution in [3.8, 4) is 0 Å². The van der Waals surface area contributed by atoms with Crippen LogP contribution in [-0.4, -0.2) is 9.97 Å². The first-order valence-corrected chi connectivity index (χ1v) is 6.60. The number of halogens is 3. The highest BCUT2D eigenvalue weighted by atomic mass is 127. The molecule has 2 aromatic rings. The van der Waals surface area contributed by atoms with Crippen LogP contribution in [0.5, 0.6) is 0 Å². The number of benzene rings is 1. The molecule has 0 atom stereocenters. The molecule has 0 aliphatic heterocycles. The summed E-state index contributed by atoms with van der Waals surface area (Å²) in [5.41, 5.74) is 0.955. The maximum atomic E-state index is 5.87. The van der Waals surface area contributed by atoms with Gasteiger partial charge in [0.05, 0.1) is 4.47 Å². The van der Waals surface area contributed by atoms with Gasteiger partial charge in [0.2, 0.25) is 0 Å². The van der Waals surface area contributed by atoms with E-state index in [0.717, 1.165) is 5.69 Å². The molecular formula is C10H6BrClIN3. The average Bonchev–Trinajstić information content (AvgIpc) is 2.28. The summed E-state index contributed by atoms with van der Waals surface area (Å²) < 4.78 is 1.85. The van der Waals surface area contributed by atoms with E-state index < -0.39 is 0 Å². The molecule has 0 bridgehead atoms. The summed E-state index contributed by atoms with van der Waals surface area (Å²) in [7, 11) is 0. The molecule has 0 saturated heterocycles. The molecule has 0 spiro atoms. The van der Waals surface area contributed by atoms with Crippen molar-refractivity contribution >= 4 is 61.6 Å². The van der Waals surface area contributed by atoms with Crippen molar-refractivity contribution in [2.24, 2.45) is 0 Å². The summed E-state index contributed by atoms with van der Waals surface area (Å²) in [5, 5.41) is 3.55. The number of nitrogens with zero attached hydrogens (tertiary/aromatic N) is 2. The Bertz CT molecular complexity index is 504. The lowest BCUT2D eigenvalue weighted by Crippen LogP contribution is -1.96. The fourth-order valence-electron chi connectivity index (χ4n) is 1.11. The zero-order valence-corrected chi connectivity index (χ0v) is 12.4. The lowest BCUT2D eigenvalue weighted by atomic mass is 10.3. The van der Waals surface area contributed by atoms with Gasteiger partial charge >= 0.3 is 0 Å². The highest BCUT2D eigenvalue weighted by Crippen LogP contribution is 2.28. The van der Waals surface area contributed by atoms with Crippen LogP contribution >= 0.6 is 50.1 Å². The first kappa shape index (κ1) is 12.1. The number of rotatable bonds is 2. The van der Waals surface area contributed by atoms with Crippen molar-refractivity contribution in [3.63, 3.8) is 0 Å². The molecule has 6 heteroatoms. The monoisotopic (exact) mass is 409 g/mol. The number of anilines is 2. The highest BCUT2D eigenvalue weighted by molar-refractivity contribution is 14.1. The van der Waals surface area contributed by atoms with Gasteiger partial charge in [-0.2, -0.15) is 0 Å². The molecule has 1 aromatic carbocycles. The Morgan fingerprint density at radius 1 is 1.19 bits per heavy atom. The summed E-state index contributed by atoms with van der Waals surface area (Å²) in [6.07, 6.45) is 1.42. The molecule has 0 radical (unpaired) electrons. The van der Waals surface area contributed by atoms with Crippen LogP contribution in [0.25, 0.3) is 0 Å². The quantitative estimate of drug-likeness (QED) is 0.595. The Morgan fingerprint density at radius 2 is 1.88 bits per heavy atom. The summed E-state index contributed by atoms with van der Waals surface area (Å²) >= 11 is 11.5. The molecule has 1 heterocycles. The van der Waals surface area contributed by atoms with E-state index in [9.17, 15) is 0 Å². The fourth-order valence-corrected chi connectivity index (χ4v) is 1.90. The topological polar surface area (TPSA) is 37.8 Å². The van der Waals surface area contributed by atoms with Crippen LogP contribution in [0.3, 0.4) is 0 Å². The van der Waals surface area contributed by atoms with Gasteiger partial charge in [0.15, 0.2) is 0 Å². The predicted molar refractivity (Wildman–Crippen MR) is 77.2 cm³/mol. The van der Waals surface area contributed by atoms with Gasteiger partial charge in [-0.15, -0.1) is 0 Å². The Hall–Kier alpha value is -0.400. The van der Waals surface area contributed by atoms with E-state index in [2.05, 4.69) is 53.8 Å². The fraction of sp³-hybridized carbons (Fsp3) is 0. The zero-order chi connectivity index (χ0) is 11.5. The van der Waals surface area contributed by atoms with Crippen LogP contribution in [0.15, 0.2) is 35.1 Å². The van der Waals surface area contributed by atoms with Gasteiger partial charge in [0.25, 0.3) is 0 Å². The molecule has 3 nitrogen and oxygen atoms in total. The molecule has 82 valence electrons. The minimum absolute atomic E-state index is 0.392. The molecule has 0 unspecified atom stereocenters. The lowest BCUT2D eigenvalue weighted by molar-refractivity contribution is 1.15. The van der Waals surface area contributed by atoms with Gasteiger partial charge in [0, 0.05) is 9.26 Å². The number of aromatic nitrogens is 2. The molecule has 16 heavy (non-hydrogen) atoms. The highest BCUT2D eigenvalue weighted by Gasteiger charge is 2.06. The Balaban J connectivity index is 2.27. The number of nitrogens with one attached hydrogen (secondary N) is 1. The molecule has 0 saturated carbocycles. The second kappa shape index (κ2) is 5.29. The molecular weight excluding hydrogens is 404 g/mol. The van der Waals surface area contributed by atoms with Crippen LogP contribution in [0, 0.1) is 3.57 Å². The van der Waals surface area contributed by atoms with Crippen LogP contribution < -0.4 is 5.32 Å². The first-order valence-electron chi connectivity index (χ1n) is 4.35. The second-order valence-corrected chi connectivity index (χ2v) is 5.36. The van der Waals surface area contributed by atoms with Gasteiger partial charge in [-0.1, -0.05) is 11.6 Å². The molecule has 0 fully saturated rings. The first-order chi connectivity index (χ1) is 7.66. The van der Waals surface area contributed by atoms with Crippen molar-refractivity contribution < 1.29 is 0 Å². The smallest absolute Gasteiger partial charge is 0.149 e. The SMILES string of the molecule is Clc1ncnc(Nc2ccc(I)cc2)c1Br. The average molecular weight is 410 g/mol. The molecule has 0 aliphatic rings. The van der Waals surface area contributed by atoms with Crippen molar-refractivity contribution in [1.29, 1.82) is 0 Å². The van der Waals surface area contributed by atoms with Crippen molar-refractivity contribution in [3.05, 3.63) is 43.8 Å². The summed E-state index contributed by atoms with van der Waals surface area (Å²) in [5.74, 6) is 0.654. The molecule has 0 aliphatic carbocycles. The van der Waals surface area contributed by atoms with Crippen LogP contribution in [-0.2, 0) is 0 Å². The van der Waals surface area contributed by atoms with E-state index in [4.69, 9.17) is 11.6 Å². The molecule has 0 amide bonds. The second-order valence-electron chi connectivity index (χ2n) is 2.96. The van der Waals surface area contributed by atoms with Gasteiger partial charge in [-0.25, -0.2) is 9.97 Å². The largest absolute Gasteiger partial charge is 0.339 e. The zero-order valence-electron chi connectivity index (χ0n) is 7.92. The maximum Gasteiger partial charge on any atom is 0.149 e. The summed E-state index contributed by atoms with van der Waals surface area (Å²) in [4.78, 5) is 7.96. The Morgan fingerprint density at radius 3 is 2.56 bits per heavy atom. The lowest BCUT2D eigenvalue weighted by Gasteiger charge is -2.07. The Labute approximate surface area is 120 Å². The third-order valence-corrected chi connectivity index (χ3v) is 3.84. The third-order valence-electron chi connectivity index (χ3n) is 1.85. The molecule has 1 aromatic heterocycles. The van der Waals surface area contributed by atoms with E-state index in [1.54, 1.807) is 0 Å².